The van der Waals surface area contributed by atoms with Crippen LogP contribution in [0.5, 0.6) is 0 Å². The Bertz CT molecular complexity index is 929. The Morgan fingerprint density at radius 1 is 1.06 bits per heavy atom. The zero-order chi connectivity index (χ0) is 25.3. The van der Waals surface area contributed by atoms with Crippen LogP contribution in [0.4, 0.5) is 0 Å². The first-order valence-corrected chi connectivity index (χ1v) is 14.6. The zero-order valence-electron chi connectivity index (χ0n) is 23.7. The van der Waals surface area contributed by atoms with Crippen molar-refractivity contribution in [3.63, 3.8) is 0 Å². The monoisotopic (exact) mass is 482 g/mol. The van der Waals surface area contributed by atoms with E-state index in [0.29, 0.717) is 16.7 Å². The second kappa shape index (κ2) is 8.66. The molecule has 0 amide bonds. The van der Waals surface area contributed by atoms with Gasteiger partial charge in [-0.1, -0.05) is 53.2 Å². The molecular formula is C32H50O3. The number of ether oxygens (including phenoxy) is 2. The smallest absolute Gasteiger partial charge is 0.302 e. The highest BCUT2D eigenvalue weighted by Crippen LogP contribution is 2.68. The SMILES string of the molecule is CC(=O)O[C@H]1CC[C@@]2(C)C(=CCC3=C2OCC[C@]2(C)[C@@H]([C@H](C)[C@H]4C[C@]4(C)[C@H](C)C(C)C)CC[C@@H]32)C1. The Morgan fingerprint density at radius 3 is 2.49 bits per heavy atom. The molecule has 3 fully saturated rings. The molecule has 0 aromatic heterocycles. The molecule has 3 nitrogen and oxygen atoms in total. The standard InChI is InChI=1S/C32H50O3/c1-19(2)21(4)32(8)18-28(32)20(3)26-11-12-27-25-10-9-23-17-24(35-22(5)33)13-14-30(23,6)29(25)34-16-15-31(26,27)7/h9,19-21,24,26-28H,10-18H2,1-8H3/t20-,21+,24-,26+,27-,28+,30-,31+,32+/m0/s1. The first kappa shape index (κ1) is 25.4. The molecule has 3 saturated carbocycles. The molecule has 0 spiro atoms. The number of esters is 1. The van der Waals surface area contributed by atoms with E-state index >= 15 is 0 Å². The largest absolute Gasteiger partial charge is 0.497 e. The van der Waals surface area contributed by atoms with E-state index in [0.717, 1.165) is 61.9 Å². The molecule has 0 bridgehead atoms. The summed E-state index contributed by atoms with van der Waals surface area (Å²) in [5, 5.41) is 0. The summed E-state index contributed by atoms with van der Waals surface area (Å²) >= 11 is 0. The predicted octanol–water partition coefficient (Wildman–Crippen LogP) is 8.10. The molecule has 35 heavy (non-hydrogen) atoms. The number of rotatable bonds is 5. The minimum absolute atomic E-state index is 0.0129. The van der Waals surface area contributed by atoms with Crippen molar-refractivity contribution in [3.05, 3.63) is 23.0 Å². The van der Waals surface area contributed by atoms with Crippen molar-refractivity contribution in [1.29, 1.82) is 0 Å². The first-order chi connectivity index (χ1) is 16.4. The number of allylic oxidation sites excluding steroid dienone is 3. The fraction of sp³-hybridized carbons (Fsp3) is 0.844. The maximum Gasteiger partial charge on any atom is 0.302 e. The van der Waals surface area contributed by atoms with Gasteiger partial charge in [-0.3, -0.25) is 4.79 Å². The fourth-order valence-electron chi connectivity index (χ4n) is 9.52. The molecule has 5 rings (SSSR count). The van der Waals surface area contributed by atoms with Crippen LogP contribution in [0.3, 0.4) is 0 Å². The quantitative estimate of drug-likeness (QED) is 0.293. The van der Waals surface area contributed by atoms with Crippen molar-refractivity contribution < 1.29 is 14.3 Å². The summed E-state index contributed by atoms with van der Waals surface area (Å²) in [6.45, 7) is 19.9. The maximum absolute atomic E-state index is 11.6. The molecule has 5 aliphatic rings. The number of fused-ring (bicyclic) bond motifs is 4. The summed E-state index contributed by atoms with van der Waals surface area (Å²) < 4.78 is 12.4. The van der Waals surface area contributed by atoms with Crippen LogP contribution in [-0.4, -0.2) is 18.7 Å². The summed E-state index contributed by atoms with van der Waals surface area (Å²) in [4.78, 5) is 11.6. The third kappa shape index (κ3) is 3.93. The highest BCUT2D eigenvalue weighted by molar-refractivity contribution is 5.66. The normalized spacial score (nSPS) is 44.3. The number of carbonyl (C=O) groups is 1. The van der Waals surface area contributed by atoms with Gasteiger partial charge in [0.05, 0.1) is 6.61 Å². The third-order valence-corrected chi connectivity index (χ3v) is 12.2. The zero-order valence-corrected chi connectivity index (χ0v) is 23.7. The number of hydrogen-bond donors (Lipinski definition) is 0. The van der Waals surface area contributed by atoms with E-state index in [-0.39, 0.29) is 17.5 Å². The average Bonchev–Trinajstić information content (AvgIpc) is 3.41. The Labute approximate surface area is 214 Å². The highest BCUT2D eigenvalue weighted by Gasteiger charge is 2.61. The molecule has 4 aliphatic carbocycles. The van der Waals surface area contributed by atoms with Gasteiger partial charge < -0.3 is 9.47 Å². The van der Waals surface area contributed by atoms with Crippen LogP contribution in [0.2, 0.25) is 0 Å². The van der Waals surface area contributed by atoms with Gasteiger partial charge in [-0.2, -0.15) is 0 Å². The lowest BCUT2D eigenvalue weighted by molar-refractivity contribution is -0.147. The molecule has 1 aliphatic heterocycles. The fourth-order valence-corrected chi connectivity index (χ4v) is 9.52. The van der Waals surface area contributed by atoms with E-state index < -0.39 is 0 Å². The van der Waals surface area contributed by atoms with Gasteiger partial charge in [0, 0.05) is 18.8 Å². The van der Waals surface area contributed by atoms with E-state index in [1.807, 2.05) is 0 Å². The average molecular weight is 483 g/mol. The molecule has 1 heterocycles. The van der Waals surface area contributed by atoms with Crippen molar-refractivity contribution in [2.45, 2.75) is 113 Å². The van der Waals surface area contributed by atoms with Gasteiger partial charge in [0.15, 0.2) is 0 Å². The molecule has 9 atom stereocenters. The Kier molecular flexibility index (Phi) is 6.28. The van der Waals surface area contributed by atoms with E-state index in [2.05, 4.69) is 54.5 Å². The van der Waals surface area contributed by atoms with E-state index in [1.165, 1.54) is 43.9 Å². The Hall–Kier alpha value is -1.25. The van der Waals surface area contributed by atoms with Crippen molar-refractivity contribution in [1.82, 2.24) is 0 Å². The second-order valence-electron chi connectivity index (χ2n) is 14.1. The van der Waals surface area contributed by atoms with Crippen LogP contribution in [0.15, 0.2) is 23.0 Å². The molecular weight excluding hydrogens is 432 g/mol. The van der Waals surface area contributed by atoms with Crippen molar-refractivity contribution in [2.24, 2.45) is 51.8 Å². The summed E-state index contributed by atoms with van der Waals surface area (Å²) in [5.74, 6) is 5.85. The maximum atomic E-state index is 11.6. The van der Waals surface area contributed by atoms with Gasteiger partial charge in [-0.05, 0) is 104 Å². The highest BCUT2D eigenvalue weighted by atomic mass is 16.5. The van der Waals surface area contributed by atoms with E-state index in [9.17, 15) is 4.79 Å². The van der Waals surface area contributed by atoms with E-state index in [4.69, 9.17) is 9.47 Å². The molecule has 0 aromatic carbocycles. The molecule has 0 saturated heterocycles. The van der Waals surface area contributed by atoms with Gasteiger partial charge in [0.2, 0.25) is 0 Å². The second-order valence-corrected chi connectivity index (χ2v) is 14.1. The molecule has 3 heteroatoms. The minimum Gasteiger partial charge on any atom is -0.497 e. The predicted molar refractivity (Wildman–Crippen MR) is 142 cm³/mol. The lowest BCUT2D eigenvalue weighted by atomic mass is 9.60. The van der Waals surface area contributed by atoms with Crippen molar-refractivity contribution in [2.75, 3.05) is 6.61 Å². The molecule has 0 unspecified atom stereocenters. The van der Waals surface area contributed by atoms with Crippen molar-refractivity contribution in [3.8, 4) is 0 Å². The molecule has 0 aromatic rings. The Balaban J connectivity index is 1.38. The van der Waals surface area contributed by atoms with Gasteiger partial charge >= 0.3 is 5.97 Å². The Morgan fingerprint density at radius 2 is 1.80 bits per heavy atom. The van der Waals surface area contributed by atoms with Gasteiger partial charge in [-0.15, -0.1) is 0 Å². The lowest BCUT2D eigenvalue weighted by Gasteiger charge is -2.45. The summed E-state index contributed by atoms with van der Waals surface area (Å²) in [7, 11) is 0. The summed E-state index contributed by atoms with van der Waals surface area (Å²) in [6, 6.07) is 0. The van der Waals surface area contributed by atoms with Gasteiger partial charge in [0.25, 0.3) is 0 Å². The first-order valence-electron chi connectivity index (χ1n) is 14.6. The molecule has 196 valence electrons. The van der Waals surface area contributed by atoms with Gasteiger partial charge in [-0.25, -0.2) is 0 Å². The van der Waals surface area contributed by atoms with Crippen LogP contribution >= 0.6 is 0 Å². The van der Waals surface area contributed by atoms with E-state index in [1.54, 1.807) is 5.57 Å². The van der Waals surface area contributed by atoms with Crippen LogP contribution in [-0.2, 0) is 14.3 Å². The molecule has 0 radical (unpaired) electrons. The number of carbonyl (C=O) groups excluding carboxylic acids is 1. The summed E-state index contributed by atoms with van der Waals surface area (Å²) in [5.41, 5.74) is 3.92. The minimum atomic E-state index is -0.155. The van der Waals surface area contributed by atoms with Gasteiger partial charge in [0.1, 0.15) is 11.9 Å². The van der Waals surface area contributed by atoms with Crippen molar-refractivity contribution >= 4 is 5.97 Å². The summed E-state index contributed by atoms with van der Waals surface area (Å²) in [6.07, 6.45) is 11.7. The van der Waals surface area contributed by atoms with Crippen LogP contribution in [0.1, 0.15) is 107 Å². The molecule has 0 N–H and O–H groups in total. The van der Waals surface area contributed by atoms with Crippen LogP contribution in [0, 0.1) is 51.8 Å². The topological polar surface area (TPSA) is 35.5 Å². The number of hydrogen-bond acceptors (Lipinski definition) is 3. The third-order valence-electron chi connectivity index (χ3n) is 12.2. The van der Waals surface area contributed by atoms with Crippen LogP contribution in [0.25, 0.3) is 0 Å². The lowest BCUT2D eigenvalue weighted by Crippen LogP contribution is -2.38. The van der Waals surface area contributed by atoms with Crippen LogP contribution < -0.4 is 0 Å².